The minimum absolute atomic E-state index is 0.658. The zero-order chi connectivity index (χ0) is 13.4. The van der Waals surface area contributed by atoms with E-state index in [-0.39, 0.29) is 0 Å². The molecule has 0 aromatic carbocycles. The molecule has 0 aromatic heterocycles. The van der Waals surface area contributed by atoms with Crippen molar-refractivity contribution in [3.8, 4) is 0 Å². The molecule has 18 heavy (non-hydrogen) atoms. The molecule has 1 fully saturated rings. The molecule has 0 heterocycles. The quantitative estimate of drug-likeness (QED) is 0.665. The normalized spacial score (nSPS) is 18.2. The summed E-state index contributed by atoms with van der Waals surface area (Å²) in [5.41, 5.74) is 0. The van der Waals surface area contributed by atoms with Crippen LogP contribution in [0, 0.1) is 5.92 Å². The fraction of sp³-hybridized carbons (Fsp3) is 1.00. The third-order valence-electron chi connectivity index (χ3n) is 4.33. The lowest BCUT2D eigenvalue weighted by Gasteiger charge is -2.30. The van der Waals surface area contributed by atoms with Crippen molar-refractivity contribution in [2.24, 2.45) is 5.92 Å². The van der Waals surface area contributed by atoms with E-state index in [1.807, 2.05) is 0 Å². The molecular weight excluding hydrogens is 220 g/mol. The summed E-state index contributed by atoms with van der Waals surface area (Å²) in [6.07, 6.45) is 8.76. The molecule has 2 heteroatoms. The molecule has 1 saturated carbocycles. The summed E-state index contributed by atoms with van der Waals surface area (Å²) in [6.45, 7) is 12.7. The van der Waals surface area contributed by atoms with Gasteiger partial charge in [-0.05, 0) is 46.6 Å². The van der Waals surface area contributed by atoms with Gasteiger partial charge in [0.25, 0.3) is 0 Å². The van der Waals surface area contributed by atoms with Gasteiger partial charge in [-0.3, -0.25) is 4.90 Å². The maximum atomic E-state index is 3.63. The smallest absolute Gasteiger partial charge is 0.0112 e. The van der Waals surface area contributed by atoms with Gasteiger partial charge in [0.05, 0.1) is 0 Å². The van der Waals surface area contributed by atoms with Gasteiger partial charge >= 0.3 is 0 Å². The average molecular weight is 254 g/mol. The number of hydrogen-bond acceptors (Lipinski definition) is 2. The summed E-state index contributed by atoms with van der Waals surface area (Å²) >= 11 is 0. The van der Waals surface area contributed by atoms with Gasteiger partial charge in [0.2, 0.25) is 0 Å². The molecule has 0 radical (unpaired) electrons. The van der Waals surface area contributed by atoms with Crippen LogP contribution in [0.3, 0.4) is 0 Å². The van der Waals surface area contributed by atoms with Gasteiger partial charge in [-0.25, -0.2) is 0 Å². The van der Waals surface area contributed by atoms with Crippen LogP contribution in [0.4, 0.5) is 0 Å². The maximum Gasteiger partial charge on any atom is 0.0112 e. The summed E-state index contributed by atoms with van der Waals surface area (Å²) in [6, 6.07) is 1.32. The van der Waals surface area contributed by atoms with E-state index < -0.39 is 0 Å². The molecule has 1 aliphatic rings. The second kappa shape index (κ2) is 8.92. The first-order valence-electron chi connectivity index (χ1n) is 8.07. The molecule has 1 rings (SSSR count). The summed E-state index contributed by atoms with van der Waals surface area (Å²) in [7, 11) is 0. The molecule has 0 saturated heterocycles. The van der Waals surface area contributed by atoms with Crippen molar-refractivity contribution >= 4 is 0 Å². The Balaban J connectivity index is 2.03. The molecule has 0 bridgehead atoms. The molecule has 1 aliphatic carbocycles. The van der Waals surface area contributed by atoms with Crippen LogP contribution in [-0.4, -0.2) is 36.6 Å². The molecule has 0 aromatic rings. The molecule has 0 amide bonds. The summed E-state index contributed by atoms with van der Waals surface area (Å²) < 4.78 is 0. The first kappa shape index (κ1) is 16.0. The third kappa shape index (κ3) is 6.19. The second-order valence-electron chi connectivity index (χ2n) is 6.47. The summed E-state index contributed by atoms with van der Waals surface area (Å²) in [5, 5.41) is 3.63. The van der Waals surface area contributed by atoms with E-state index in [1.54, 1.807) is 0 Å². The van der Waals surface area contributed by atoms with E-state index in [1.165, 1.54) is 51.6 Å². The molecule has 2 nitrogen and oxygen atoms in total. The highest BCUT2D eigenvalue weighted by Crippen LogP contribution is 2.25. The fourth-order valence-corrected chi connectivity index (χ4v) is 3.23. The van der Waals surface area contributed by atoms with Crippen molar-refractivity contribution in [1.29, 1.82) is 0 Å². The average Bonchev–Trinajstić information content (AvgIpc) is 2.34. The standard InChI is InChI=1S/C16H34N2/c1-14(2)18(15(3)4)13-12-17-11-10-16-8-6-5-7-9-16/h14-17H,5-13H2,1-4H3. The lowest BCUT2D eigenvalue weighted by molar-refractivity contribution is 0.175. The van der Waals surface area contributed by atoms with Crippen LogP contribution in [-0.2, 0) is 0 Å². The van der Waals surface area contributed by atoms with Gasteiger partial charge in [-0.15, -0.1) is 0 Å². The largest absolute Gasteiger partial charge is 0.315 e. The predicted molar refractivity (Wildman–Crippen MR) is 81.0 cm³/mol. The minimum Gasteiger partial charge on any atom is -0.315 e. The summed E-state index contributed by atoms with van der Waals surface area (Å²) in [5.74, 6) is 1.01. The molecule has 108 valence electrons. The fourth-order valence-electron chi connectivity index (χ4n) is 3.23. The van der Waals surface area contributed by atoms with Gasteiger partial charge in [-0.1, -0.05) is 32.1 Å². The van der Waals surface area contributed by atoms with Gasteiger partial charge in [-0.2, -0.15) is 0 Å². The van der Waals surface area contributed by atoms with Gasteiger partial charge in [0.1, 0.15) is 0 Å². The molecular formula is C16H34N2. The monoisotopic (exact) mass is 254 g/mol. The van der Waals surface area contributed by atoms with Gasteiger partial charge < -0.3 is 5.32 Å². The summed E-state index contributed by atoms with van der Waals surface area (Å²) in [4.78, 5) is 2.56. The number of hydrogen-bond donors (Lipinski definition) is 1. The third-order valence-corrected chi connectivity index (χ3v) is 4.33. The topological polar surface area (TPSA) is 15.3 Å². The Labute approximate surface area is 115 Å². The van der Waals surface area contributed by atoms with E-state index in [2.05, 4.69) is 37.9 Å². The first-order chi connectivity index (χ1) is 8.61. The van der Waals surface area contributed by atoms with Crippen LogP contribution in [0.5, 0.6) is 0 Å². The Bertz CT molecular complexity index is 187. The van der Waals surface area contributed by atoms with Crippen LogP contribution in [0.25, 0.3) is 0 Å². The van der Waals surface area contributed by atoms with Gasteiger partial charge in [0.15, 0.2) is 0 Å². The number of nitrogens with one attached hydrogen (secondary N) is 1. The van der Waals surface area contributed by atoms with Crippen molar-refractivity contribution in [2.45, 2.75) is 78.3 Å². The predicted octanol–water partition coefficient (Wildman–Crippen LogP) is 3.67. The van der Waals surface area contributed by atoms with Crippen molar-refractivity contribution in [3.05, 3.63) is 0 Å². The Hall–Kier alpha value is -0.0800. The van der Waals surface area contributed by atoms with Crippen LogP contribution in [0.2, 0.25) is 0 Å². The first-order valence-corrected chi connectivity index (χ1v) is 8.07. The molecule has 1 N–H and O–H groups in total. The number of nitrogens with zero attached hydrogens (tertiary/aromatic N) is 1. The zero-order valence-electron chi connectivity index (χ0n) is 13.0. The van der Waals surface area contributed by atoms with E-state index >= 15 is 0 Å². The van der Waals surface area contributed by atoms with Crippen LogP contribution < -0.4 is 5.32 Å². The van der Waals surface area contributed by atoms with Crippen molar-refractivity contribution < 1.29 is 0 Å². The van der Waals surface area contributed by atoms with Crippen LogP contribution in [0.1, 0.15) is 66.2 Å². The van der Waals surface area contributed by atoms with Gasteiger partial charge in [0, 0.05) is 25.2 Å². The lowest BCUT2D eigenvalue weighted by atomic mass is 9.87. The Morgan fingerprint density at radius 3 is 2.11 bits per heavy atom. The Morgan fingerprint density at radius 2 is 1.56 bits per heavy atom. The molecule has 0 unspecified atom stereocenters. The highest BCUT2D eigenvalue weighted by atomic mass is 15.2. The van der Waals surface area contributed by atoms with Crippen LogP contribution >= 0.6 is 0 Å². The lowest BCUT2D eigenvalue weighted by Crippen LogP contribution is -2.41. The van der Waals surface area contributed by atoms with E-state index in [0.29, 0.717) is 12.1 Å². The van der Waals surface area contributed by atoms with E-state index in [0.717, 1.165) is 12.5 Å². The maximum absolute atomic E-state index is 3.63. The highest BCUT2D eigenvalue weighted by Gasteiger charge is 2.14. The van der Waals surface area contributed by atoms with Crippen molar-refractivity contribution in [1.82, 2.24) is 10.2 Å². The molecule has 0 aliphatic heterocycles. The highest BCUT2D eigenvalue weighted by molar-refractivity contribution is 4.70. The second-order valence-corrected chi connectivity index (χ2v) is 6.47. The minimum atomic E-state index is 0.658. The number of rotatable bonds is 8. The SMILES string of the molecule is CC(C)N(CCNCCC1CCCCC1)C(C)C. The Kier molecular flexibility index (Phi) is 7.92. The Morgan fingerprint density at radius 1 is 0.944 bits per heavy atom. The van der Waals surface area contributed by atoms with Crippen LogP contribution in [0.15, 0.2) is 0 Å². The van der Waals surface area contributed by atoms with E-state index in [4.69, 9.17) is 0 Å². The zero-order valence-corrected chi connectivity index (χ0v) is 13.0. The van der Waals surface area contributed by atoms with Crippen molar-refractivity contribution in [2.75, 3.05) is 19.6 Å². The van der Waals surface area contributed by atoms with Crippen molar-refractivity contribution in [3.63, 3.8) is 0 Å². The van der Waals surface area contributed by atoms with E-state index in [9.17, 15) is 0 Å². The molecule has 0 atom stereocenters. The molecule has 0 spiro atoms.